The van der Waals surface area contributed by atoms with Gasteiger partial charge in [0.15, 0.2) is 0 Å². The number of carbonyl (C=O) groups is 2. The molecule has 2 rings (SSSR count). The molecule has 0 aromatic heterocycles. The van der Waals surface area contributed by atoms with Gasteiger partial charge in [-0.15, -0.1) is 0 Å². The highest BCUT2D eigenvalue weighted by Crippen LogP contribution is 2.22. The van der Waals surface area contributed by atoms with E-state index in [1.54, 1.807) is 18.9 Å². The molecule has 0 saturated carbocycles. The second-order valence-electron chi connectivity index (χ2n) is 9.48. The number of hydrogen-bond acceptors (Lipinski definition) is 5. The average Bonchev–Trinajstić information content (AvgIpc) is 2.83. The van der Waals surface area contributed by atoms with E-state index in [2.05, 4.69) is 5.32 Å². The van der Waals surface area contributed by atoms with Crippen molar-refractivity contribution in [3.05, 3.63) is 59.2 Å². The van der Waals surface area contributed by atoms with E-state index in [1.807, 2.05) is 63.2 Å². The van der Waals surface area contributed by atoms with E-state index in [4.69, 9.17) is 4.74 Å². The van der Waals surface area contributed by atoms with Crippen molar-refractivity contribution in [1.82, 2.24) is 10.2 Å². The molecule has 1 atom stereocenters. The van der Waals surface area contributed by atoms with Gasteiger partial charge in [-0.2, -0.15) is 0 Å². The van der Waals surface area contributed by atoms with Gasteiger partial charge in [-0.1, -0.05) is 31.5 Å². The highest BCUT2D eigenvalue weighted by molar-refractivity contribution is 7.92. The summed E-state index contributed by atoms with van der Waals surface area (Å²) in [5.74, 6) is 0.245. The van der Waals surface area contributed by atoms with Crippen LogP contribution < -0.4 is 14.4 Å². The summed E-state index contributed by atoms with van der Waals surface area (Å²) in [6, 6.07) is 12.3. The topological polar surface area (TPSA) is 96.0 Å². The van der Waals surface area contributed by atoms with Crippen LogP contribution in [0, 0.1) is 13.8 Å². The smallest absolute Gasteiger partial charge is 0.242 e. The zero-order valence-corrected chi connectivity index (χ0v) is 23.7. The van der Waals surface area contributed by atoms with Gasteiger partial charge in [0, 0.05) is 26.1 Å². The number of amides is 2. The van der Waals surface area contributed by atoms with Crippen LogP contribution in [0.15, 0.2) is 42.5 Å². The molecule has 37 heavy (non-hydrogen) atoms. The minimum absolute atomic E-state index is 0.105. The summed E-state index contributed by atoms with van der Waals surface area (Å²) in [5.41, 5.74) is 3.36. The molecule has 2 amide bonds. The molecule has 0 radical (unpaired) electrons. The van der Waals surface area contributed by atoms with E-state index in [1.165, 1.54) is 10.6 Å². The van der Waals surface area contributed by atoms with Crippen molar-refractivity contribution in [3.63, 3.8) is 0 Å². The van der Waals surface area contributed by atoms with Crippen molar-refractivity contribution in [2.45, 2.75) is 66.0 Å². The predicted octanol–water partition coefficient (Wildman–Crippen LogP) is 4.19. The second kappa shape index (κ2) is 14.0. The molecule has 9 heteroatoms. The summed E-state index contributed by atoms with van der Waals surface area (Å²) in [5, 5.41) is 2.91. The third-order valence-electron chi connectivity index (χ3n) is 6.13. The maximum Gasteiger partial charge on any atom is 0.242 e. The first-order chi connectivity index (χ1) is 17.5. The number of rotatable bonds is 14. The fourth-order valence-corrected chi connectivity index (χ4v) is 5.13. The first-order valence-corrected chi connectivity index (χ1v) is 14.6. The van der Waals surface area contributed by atoms with Gasteiger partial charge >= 0.3 is 0 Å². The van der Waals surface area contributed by atoms with Crippen molar-refractivity contribution >= 4 is 27.5 Å². The molecule has 0 bridgehead atoms. The molecule has 0 heterocycles. The van der Waals surface area contributed by atoms with Crippen LogP contribution in [0.4, 0.5) is 5.69 Å². The molecule has 0 spiro atoms. The Morgan fingerprint density at radius 1 is 1.05 bits per heavy atom. The van der Waals surface area contributed by atoms with Gasteiger partial charge in [-0.05, 0) is 74.6 Å². The fraction of sp³-hybridized carbons (Fsp3) is 0.500. The van der Waals surface area contributed by atoms with Gasteiger partial charge in [-0.25, -0.2) is 8.42 Å². The number of benzene rings is 2. The van der Waals surface area contributed by atoms with Gasteiger partial charge in [0.05, 0.1) is 19.1 Å². The first-order valence-electron chi connectivity index (χ1n) is 12.7. The lowest BCUT2D eigenvalue weighted by Crippen LogP contribution is -2.48. The predicted molar refractivity (Wildman–Crippen MR) is 148 cm³/mol. The lowest BCUT2D eigenvalue weighted by Gasteiger charge is -2.29. The summed E-state index contributed by atoms with van der Waals surface area (Å²) in [7, 11) is -1.96. The molecular formula is C28H41N3O5S. The van der Waals surface area contributed by atoms with E-state index in [0.29, 0.717) is 24.4 Å². The minimum atomic E-state index is -3.54. The van der Waals surface area contributed by atoms with Crippen molar-refractivity contribution in [2.75, 3.05) is 30.8 Å². The lowest BCUT2D eigenvalue weighted by molar-refractivity contribution is -0.140. The van der Waals surface area contributed by atoms with Crippen molar-refractivity contribution in [2.24, 2.45) is 0 Å². The molecule has 0 fully saturated rings. The molecule has 2 aromatic rings. The maximum atomic E-state index is 13.4. The number of aryl methyl sites for hydroxylation is 2. The van der Waals surface area contributed by atoms with Crippen molar-refractivity contribution in [1.29, 1.82) is 0 Å². The Morgan fingerprint density at radius 3 is 2.32 bits per heavy atom. The van der Waals surface area contributed by atoms with Crippen LogP contribution in [0.5, 0.6) is 5.75 Å². The van der Waals surface area contributed by atoms with Crippen LogP contribution in [0.2, 0.25) is 0 Å². The largest absolute Gasteiger partial charge is 0.497 e. The number of sulfonamides is 1. The van der Waals surface area contributed by atoms with Gasteiger partial charge in [0.25, 0.3) is 0 Å². The third-order valence-corrected chi connectivity index (χ3v) is 7.32. The Hall–Kier alpha value is -3.07. The summed E-state index contributed by atoms with van der Waals surface area (Å²) in [6.07, 6.45) is 3.41. The molecule has 0 saturated heterocycles. The highest BCUT2D eigenvalue weighted by atomic mass is 32.2. The zero-order valence-electron chi connectivity index (χ0n) is 22.9. The van der Waals surface area contributed by atoms with Gasteiger partial charge in [0.2, 0.25) is 21.8 Å². The molecule has 0 aliphatic heterocycles. The van der Waals surface area contributed by atoms with Crippen LogP contribution in [-0.2, 0) is 26.2 Å². The number of carbonyl (C=O) groups excluding carboxylic acids is 2. The average molecular weight is 532 g/mol. The van der Waals surface area contributed by atoms with Crippen LogP contribution in [0.25, 0.3) is 0 Å². The van der Waals surface area contributed by atoms with Crippen molar-refractivity contribution < 1.29 is 22.7 Å². The molecule has 0 aliphatic carbocycles. The number of methoxy groups -OCH3 is 1. The normalized spacial score (nSPS) is 12.1. The van der Waals surface area contributed by atoms with E-state index in [0.717, 1.165) is 29.5 Å². The summed E-state index contributed by atoms with van der Waals surface area (Å²) >= 11 is 0. The Labute approximate surface area is 222 Å². The Morgan fingerprint density at radius 2 is 1.73 bits per heavy atom. The number of ether oxygens (including phenoxy) is 1. The number of nitrogens with zero attached hydrogens (tertiary/aromatic N) is 2. The second-order valence-corrected chi connectivity index (χ2v) is 11.4. The number of nitrogens with one attached hydrogen (secondary N) is 1. The van der Waals surface area contributed by atoms with Crippen LogP contribution >= 0.6 is 0 Å². The lowest BCUT2D eigenvalue weighted by atomic mass is 10.1. The van der Waals surface area contributed by atoms with E-state index >= 15 is 0 Å². The van der Waals surface area contributed by atoms with E-state index in [9.17, 15) is 18.0 Å². The maximum absolute atomic E-state index is 13.4. The van der Waals surface area contributed by atoms with Gasteiger partial charge in [-0.3, -0.25) is 13.9 Å². The quantitative estimate of drug-likeness (QED) is 0.369. The molecule has 8 nitrogen and oxygen atoms in total. The molecule has 2 aromatic carbocycles. The van der Waals surface area contributed by atoms with Gasteiger partial charge < -0.3 is 15.0 Å². The molecule has 0 unspecified atom stereocenters. The summed E-state index contributed by atoms with van der Waals surface area (Å²) < 4.78 is 31.8. The minimum Gasteiger partial charge on any atom is -0.497 e. The third kappa shape index (κ3) is 9.39. The Balaban J connectivity index is 2.19. The highest BCUT2D eigenvalue weighted by Gasteiger charge is 2.26. The number of hydrogen-bond donors (Lipinski definition) is 1. The van der Waals surface area contributed by atoms with Crippen LogP contribution in [0.1, 0.15) is 56.2 Å². The van der Waals surface area contributed by atoms with E-state index < -0.39 is 16.1 Å². The SMILES string of the molecule is CCCCNC(=O)[C@H](C)N(Cc1cccc(OC)c1)C(=O)CCCN(c1cc(C)cc(C)c1)S(C)(=O)=O. The number of unbranched alkanes of at least 4 members (excludes halogenated alkanes) is 1. The molecular weight excluding hydrogens is 490 g/mol. The van der Waals surface area contributed by atoms with Crippen LogP contribution in [-0.4, -0.2) is 57.6 Å². The van der Waals surface area contributed by atoms with Gasteiger partial charge in [0.1, 0.15) is 11.8 Å². The van der Waals surface area contributed by atoms with Crippen molar-refractivity contribution in [3.8, 4) is 5.75 Å². The van der Waals surface area contributed by atoms with E-state index in [-0.39, 0.29) is 31.3 Å². The molecule has 0 aliphatic rings. The molecule has 1 N–H and O–H groups in total. The summed E-state index contributed by atoms with van der Waals surface area (Å²) in [4.78, 5) is 27.8. The monoisotopic (exact) mass is 531 g/mol. The zero-order chi connectivity index (χ0) is 27.6. The Kier molecular flexibility index (Phi) is 11.4. The first kappa shape index (κ1) is 30.2. The Bertz CT molecular complexity index is 1150. The standard InChI is InChI=1S/C28H41N3O5S/c1-7-8-14-29-28(33)23(4)30(20-24-11-9-12-26(19-24)36-5)27(32)13-10-15-31(37(6,34)35)25-17-21(2)16-22(3)18-25/h9,11-12,16-19,23H,7-8,10,13-15,20H2,1-6H3,(H,29,33)/t23-/m0/s1. The summed E-state index contributed by atoms with van der Waals surface area (Å²) in [6.45, 7) is 8.57. The van der Waals surface area contributed by atoms with Crippen LogP contribution in [0.3, 0.4) is 0 Å². The fourth-order valence-electron chi connectivity index (χ4n) is 4.18. The molecule has 204 valence electrons. The number of anilines is 1.